The van der Waals surface area contributed by atoms with Crippen molar-refractivity contribution in [2.24, 2.45) is 5.10 Å². The minimum atomic E-state index is -0.644. The minimum absolute atomic E-state index is 0.00232. The summed E-state index contributed by atoms with van der Waals surface area (Å²) in [5.74, 6) is -0.663. The topological polar surface area (TPSA) is 170 Å². The van der Waals surface area contributed by atoms with E-state index in [-0.39, 0.29) is 35.4 Å². The van der Waals surface area contributed by atoms with Gasteiger partial charge in [-0.3, -0.25) is 4.79 Å². The van der Waals surface area contributed by atoms with Gasteiger partial charge in [-0.25, -0.2) is 10.1 Å². The summed E-state index contributed by atoms with van der Waals surface area (Å²) in [6, 6.07) is 5.22. The molecule has 13 heteroatoms. The van der Waals surface area contributed by atoms with E-state index in [2.05, 4.69) is 40.7 Å². The van der Waals surface area contributed by atoms with Gasteiger partial charge < -0.3 is 20.5 Å². The maximum absolute atomic E-state index is 12.8. The number of nitrogens with one attached hydrogen (secondary N) is 1. The molecule has 164 valence electrons. The number of carbonyl (C=O) groups is 1. The zero-order valence-electron chi connectivity index (χ0n) is 17.3. The lowest BCUT2D eigenvalue weighted by atomic mass is 10.2. The van der Waals surface area contributed by atoms with Crippen LogP contribution in [0.2, 0.25) is 0 Å². The summed E-state index contributed by atoms with van der Waals surface area (Å²) in [6.07, 6.45) is 1.33. The van der Waals surface area contributed by atoms with Crippen LogP contribution in [0.3, 0.4) is 0 Å². The van der Waals surface area contributed by atoms with Crippen LogP contribution < -0.4 is 16.1 Å². The predicted octanol–water partition coefficient (Wildman–Crippen LogP) is 0.695. The van der Waals surface area contributed by atoms with Crippen LogP contribution in [0, 0.1) is 0 Å². The highest BCUT2D eigenvalue weighted by atomic mass is 16.6. The van der Waals surface area contributed by atoms with Gasteiger partial charge in [-0.1, -0.05) is 5.21 Å². The van der Waals surface area contributed by atoms with Crippen molar-refractivity contribution in [2.45, 2.75) is 20.5 Å². The van der Waals surface area contributed by atoms with E-state index in [0.29, 0.717) is 5.56 Å². The summed E-state index contributed by atoms with van der Waals surface area (Å²) >= 11 is 0. The fourth-order valence-corrected chi connectivity index (χ4v) is 2.90. The molecule has 0 atom stereocenters. The number of carbonyl (C=O) groups excluding carboxylic acids is 1. The number of aromatic nitrogens is 5. The number of hydrogen-bond donors (Lipinski definition) is 3. The van der Waals surface area contributed by atoms with Crippen LogP contribution in [0.5, 0.6) is 5.75 Å². The number of hydrazone groups is 1. The molecular formula is C18H23N9O4. The first-order valence-corrected chi connectivity index (χ1v) is 9.43. The number of benzene rings is 1. The monoisotopic (exact) mass is 429 g/mol. The number of hydrogen-bond acceptors (Lipinski definition) is 11. The zero-order valence-corrected chi connectivity index (χ0v) is 17.3. The normalized spacial score (nSPS) is 11.2. The van der Waals surface area contributed by atoms with Gasteiger partial charge in [0.15, 0.2) is 5.69 Å². The molecule has 0 radical (unpaired) electrons. The number of phenols is 1. The Labute approximate surface area is 177 Å². The Hall–Kier alpha value is -4.00. The zero-order chi connectivity index (χ0) is 22.4. The number of ether oxygens (including phenoxy) is 1. The molecule has 0 fully saturated rings. The Balaban J connectivity index is 1.80. The van der Waals surface area contributed by atoms with E-state index in [0.717, 1.165) is 23.5 Å². The number of rotatable bonds is 9. The van der Waals surface area contributed by atoms with Crippen molar-refractivity contribution >= 4 is 23.6 Å². The van der Waals surface area contributed by atoms with Crippen molar-refractivity contribution < 1.29 is 19.3 Å². The number of phenolic OH excluding ortho intramolecular Hbond substituents is 1. The summed E-state index contributed by atoms with van der Waals surface area (Å²) < 4.78 is 10.7. The van der Waals surface area contributed by atoms with Crippen molar-refractivity contribution in [3.05, 3.63) is 35.2 Å². The summed E-state index contributed by atoms with van der Waals surface area (Å²) in [7, 11) is 1.45. The number of amides is 1. The van der Waals surface area contributed by atoms with Crippen molar-refractivity contribution in [3.8, 4) is 11.6 Å². The van der Waals surface area contributed by atoms with Crippen molar-refractivity contribution in [3.63, 3.8) is 0 Å². The first kappa shape index (κ1) is 21.7. The molecule has 0 saturated heterocycles. The van der Waals surface area contributed by atoms with Gasteiger partial charge in [-0.2, -0.15) is 9.78 Å². The molecule has 0 aliphatic carbocycles. The van der Waals surface area contributed by atoms with E-state index in [4.69, 9.17) is 10.5 Å². The van der Waals surface area contributed by atoms with Gasteiger partial charge in [0.1, 0.15) is 11.4 Å². The second-order valence-corrected chi connectivity index (χ2v) is 6.32. The van der Waals surface area contributed by atoms with Crippen LogP contribution in [0.4, 0.5) is 11.5 Å². The van der Waals surface area contributed by atoms with Gasteiger partial charge in [0, 0.05) is 37.5 Å². The second-order valence-electron chi connectivity index (χ2n) is 6.32. The molecule has 13 nitrogen and oxygen atoms in total. The van der Waals surface area contributed by atoms with E-state index < -0.39 is 5.91 Å². The van der Waals surface area contributed by atoms with E-state index in [1.54, 1.807) is 12.1 Å². The standard InChI is InChI=1S/C18H23N9O4/c1-4-26(5-2)12-7-6-11(14(28)8-12)9-20-22-18(29)15-13(10-30-3)21-25-27(15)17-16(19)23-31-24-17/h6-9,28H,4-5,10H2,1-3H3,(H2,19,23)(H,22,29)/b20-9+. The quantitative estimate of drug-likeness (QED) is 0.325. The largest absolute Gasteiger partial charge is 0.507 e. The lowest BCUT2D eigenvalue weighted by molar-refractivity contribution is 0.0941. The first-order valence-electron chi connectivity index (χ1n) is 9.43. The Kier molecular flexibility index (Phi) is 6.77. The molecule has 3 aromatic rings. The molecule has 1 amide bonds. The molecule has 0 unspecified atom stereocenters. The van der Waals surface area contributed by atoms with Gasteiger partial charge >= 0.3 is 0 Å². The van der Waals surface area contributed by atoms with Gasteiger partial charge in [0.25, 0.3) is 5.91 Å². The average Bonchev–Trinajstić information content (AvgIpc) is 3.36. The summed E-state index contributed by atoms with van der Waals surface area (Å²) in [4.78, 5) is 14.9. The maximum Gasteiger partial charge on any atom is 0.292 e. The third-order valence-corrected chi connectivity index (χ3v) is 4.44. The van der Waals surface area contributed by atoms with Crippen LogP contribution in [0.15, 0.2) is 27.9 Å². The Morgan fingerprint density at radius 3 is 2.77 bits per heavy atom. The van der Waals surface area contributed by atoms with Gasteiger partial charge in [0.05, 0.1) is 12.8 Å². The first-order chi connectivity index (χ1) is 15.0. The molecular weight excluding hydrogens is 406 g/mol. The number of anilines is 2. The number of nitrogens with two attached hydrogens (primary N) is 1. The molecule has 2 aromatic heterocycles. The van der Waals surface area contributed by atoms with E-state index in [1.807, 2.05) is 19.9 Å². The summed E-state index contributed by atoms with van der Waals surface area (Å²) in [5.41, 5.74) is 9.63. The molecule has 1 aromatic carbocycles. The van der Waals surface area contributed by atoms with Crippen LogP contribution in [0.1, 0.15) is 35.6 Å². The van der Waals surface area contributed by atoms with Gasteiger partial charge in [0.2, 0.25) is 11.6 Å². The highest BCUT2D eigenvalue weighted by Crippen LogP contribution is 2.23. The van der Waals surface area contributed by atoms with Crippen molar-refractivity contribution in [2.75, 3.05) is 30.8 Å². The lowest BCUT2D eigenvalue weighted by Crippen LogP contribution is -2.23. The van der Waals surface area contributed by atoms with Crippen LogP contribution in [0.25, 0.3) is 5.82 Å². The smallest absolute Gasteiger partial charge is 0.292 e. The molecule has 4 N–H and O–H groups in total. The third kappa shape index (κ3) is 4.61. The van der Waals surface area contributed by atoms with Crippen LogP contribution in [-0.4, -0.2) is 62.7 Å². The molecule has 0 spiro atoms. The van der Waals surface area contributed by atoms with Crippen molar-refractivity contribution in [1.82, 2.24) is 30.7 Å². The molecule has 2 heterocycles. The van der Waals surface area contributed by atoms with Crippen LogP contribution in [-0.2, 0) is 11.3 Å². The number of methoxy groups -OCH3 is 1. The number of nitrogen functional groups attached to an aromatic ring is 1. The molecule has 0 aliphatic heterocycles. The Morgan fingerprint density at radius 2 is 2.16 bits per heavy atom. The van der Waals surface area contributed by atoms with Gasteiger partial charge in [-0.05, 0) is 36.3 Å². The Bertz CT molecular complexity index is 1070. The molecule has 0 bridgehead atoms. The minimum Gasteiger partial charge on any atom is -0.507 e. The maximum atomic E-state index is 12.8. The Morgan fingerprint density at radius 1 is 1.39 bits per heavy atom. The van der Waals surface area contributed by atoms with E-state index >= 15 is 0 Å². The number of aromatic hydroxyl groups is 1. The van der Waals surface area contributed by atoms with Crippen molar-refractivity contribution in [1.29, 1.82) is 0 Å². The van der Waals surface area contributed by atoms with E-state index in [1.165, 1.54) is 13.3 Å². The lowest BCUT2D eigenvalue weighted by Gasteiger charge is -2.21. The average molecular weight is 429 g/mol. The fraction of sp³-hybridized carbons (Fsp3) is 0.333. The molecule has 3 rings (SSSR count). The highest BCUT2D eigenvalue weighted by Gasteiger charge is 2.24. The fourth-order valence-electron chi connectivity index (χ4n) is 2.90. The molecule has 0 aliphatic rings. The van der Waals surface area contributed by atoms with Gasteiger partial charge in [-0.15, -0.1) is 5.10 Å². The predicted molar refractivity (Wildman–Crippen MR) is 111 cm³/mol. The highest BCUT2D eigenvalue weighted by molar-refractivity contribution is 5.95. The molecule has 0 saturated carbocycles. The summed E-state index contributed by atoms with van der Waals surface area (Å²) in [5, 5.41) is 29.1. The molecule has 31 heavy (non-hydrogen) atoms. The number of nitrogens with zero attached hydrogens (tertiary/aromatic N) is 7. The van der Waals surface area contributed by atoms with Crippen LogP contribution >= 0.6 is 0 Å². The summed E-state index contributed by atoms with van der Waals surface area (Å²) in [6.45, 7) is 5.72. The SMILES string of the molecule is CCN(CC)c1ccc(/C=N/NC(=O)c2c(COC)nnn2-c2nonc2N)c(O)c1. The third-order valence-electron chi connectivity index (χ3n) is 4.44. The van der Waals surface area contributed by atoms with E-state index in [9.17, 15) is 9.90 Å². The second kappa shape index (κ2) is 9.67.